The van der Waals surface area contributed by atoms with Crippen LogP contribution in [0.5, 0.6) is 0 Å². The van der Waals surface area contributed by atoms with E-state index < -0.39 is 0 Å². The Labute approximate surface area is 113 Å². The fourth-order valence-corrected chi connectivity index (χ4v) is 2.08. The van der Waals surface area contributed by atoms with Crippen molar-refractivity contribution in [3.63, 3.8) is 0 Å². The molecule has 0 atom stereocenters. The van der Waals surface area contributed by atoms with Gasteiger partial charge in [-0.05, 0) is 30.0 Å². The third-order valence-electron chi connectivity index (χ3n) is 2.27. The predicted octanol–water partition coefficient (Wildman–Crippen LogP) is 3.49. The fourth-order valence-electron chi connectivity index (χ4n) is 1.42. The third-order valence-corrected chi connectivity index (χ3v) is 3.61. The maximum Gasteiger partial charge on any atom is 0.310 e. The molecule has 0 radical (unpaired) electrons. The smallest absolute Gasteiger partial charge is 0.310 e. The summed E-state index contributed by atoms with van der Waals surface area (Å²) < 4.78 is 5.62. The molecule has 0 heterocycles. The Hall–Kier alpha value is -0.350. The number of halogens is 2. The number of carbonyl (C=O) groups is 1. The van der Waals surface area contributed by atoms with Gasteiger partial charge in [-0.15, -0.1) is 0 Å². The van der Waals surface area contributed by atoms with Gasteiger partial charge < -0.3 is 4.74 Å². The molecule has 0 N–H and O–H groups in total. The summed E-state index contributed by atoms with van der Waals surface area (Å²) >= 11 is 6.85. The largest absolute Gasteiger partial charge is 0.469 e. The highest BCUT2D eigenvalue weighted by molar-refractivity contribution is 9.10. The Morgan fingerprint density at radius 2 is 2.19 bits per heavy atom. The second kappa shape index (κ2) is 7.07. The van der Waals surface area contributed by atoms with Crippen molar-refractivity contribution in [2.24, 2.45) is 0 Å². The lowest BCUT2D eigenvalue weighted by atomic mass is 10.1. The summed E-state index contributed by atoms with van der Waals surface area (Å²) in [5.74, 6) is -0.210. The molecule has 2 nitrogen and oxygen atoms in total. The number of hydrogen-bond acceptors (Lipinski definition) is 2. The van der Waals surface area contributed by atoms with Gasteiger partial charge in [0.05, 0.1) is 13.5 Å². The van der Waals surface area contributed by atoms with Gasteiger partial charge in [0.15, 0.2) is 0 Å². The maximum atomic E-state index is 11.2. The molecular formula is C12H14Br2O2. The average Bonchev–Trinajstić information content (AvgIpc) is 2.30. The monoisotopic (exact) mass is 348 g/mol. The lowest BCUT2D eigenvalue weighted by Crippen LogP contribution is -2.05. The quantitative estimate of drug-likeness (QED) is 0.600. The van der Waals surface area contributed by atoms with E-state index in [9.17, 15) is 4.79 Å². The van der Waals surface area contributed by atoms with E-state index in [1.165, 1.54) is 12.7 Å². The minimum absolute atomic E-state index is 0.210. The summed E-state index contributed by atoms with van der Waals surface area (Å²) in [7, 11) is 1.41. The number of ether oxygens (including phenoxy) is 1. The molecule has 0 saturated carbocycles. The van der Waals surface area contributed by atoms with Crippen molar-refractivity contribution in [1.82, 2.24) is 0 Å². The van der Waals surface area contributed by atoms with E-state index in [0.29, 0.717) is 6.42 Å². The Balaban J connectivity index is 2.77. The van der Waals surface area contributed by atoms with Crippen LogP contribution in [0.15, 0.2) is 22.7 Å². The molecule has 88 valence electrons. The van der Waals surface area contributed by atoms with Crippen LogP contribution < -0.4 is 0 Å². The molecular weight excluding hydrogens is 336 g/mol. The molecule has 1 aromatic carbocycles. The van der Waals surface area contributed by atoms with E-state index in [2.05, 4.69) is 48.7 Å². The molecule has 16 heavy (non-hydrogen) atoms. The lowest BCUT2D eigenvalue weighted by Gasteiger charge is -2.06. The highest BCUT2D eigenvalue weighted by atomic mass is 79.9. The van der Waals surface area contributed by atoms with Crippen LogP contribution in [0.1, 0.15) is 17.5 Å². The van der Waals surface area contributed by atoms with Gasteiger partial charge in [-0.2, -0.15) is 0 Å². The normalized spacial score (nSPS) is 10.2. The number of alkyl halides is 1. The van der Waals surface area contributed by atoms with Gasteiger partial charge >= 0.3 is 5.97 Å². The zero-order valence-corrected chi connectivity index (χ0v) is 12.3. The molecule has 0 aliphatic rings. The number of rotatable bonds is 5. The summed E-state index contributed by atoms with van der Waals surface area (Å²) in [6.45, 7) is 0. The van der Waals surface area contributed by atoms with E-state index in [1.54, 1.807) is 0 Å². The SMILES string of the molecule is COC(=O)Cc1cc(CCCBr)ccc1Br. The molecule has 0 bridgehead atoms. The van der Waals surface area contributed by atoms with Gasteiger partial charge in [0, 0.05) is 9.80 Å². The number of aryl methyl sites for hydroxylation is 1. The number of hydrogen-bond donors (Lipinski definition) is 0. The molecule has 0 aromatic heterocycles. The summed E-state index contributed by atoms with van der Waals surface area (Å²) in [4.78, 5) is 11.2. The van der Waals surface area contributed by atoms with Gasteiger partial charge in [0.25, 0.3) is 0 Å². The summed E-state index contributed by atoms with van der Waals surface area (Å²) in [5, 5.41) is 0.995. The molecule has 0 aliphatic heterocycles. The first-order valence-corrected chi connectivity index (χ1v) is 6.99. The van der Waals surface area contributed by atoms with Gasteiger partial charge in [0.1, 0.15) is 0 Å². The Morgan fingerprint density at radius 3 is 2.81 bits per heavy atom. The Bertz CT molecular complexity index is 364. The van der Waals surface area contributed by atoms with E-state index in [4.69, 9.17) is 0 Å². The van der Waals surface area contributed by atoms with Crippen LogP contribution in [-0.4, -0.2) is 18.4 Å². The van der Waals surface area contributed by atoms with Gasteiger partial charge in [-0.1, -0.05) is 44.0 Å². The van der Waals surface area contributed by atoms with E-state index >= 15 is 0 Å². The predicted molar refractivity (Wildman–Crippen MR) is 72.0 cm³/mol. The number of carbonyl (C=O) groups excluding carboxylic acids is 1. The number of benzene rings is 1. The van der Waals surface area contributed by atoms with Crippen LogP contribution in [0.3, 0.4) is 0 Å². The van der Waals surface area contributed by atoms with E-state index in [-0.39, 0.29) is 5.97 Å². The van der Waals surface area contributed by atoms with Crippen LogP contribution in [-0.2, 0) is 22.4 Å². The Morgan fingerprint density at radius 1 is 1.44 bits per heavy atom. The van der Waals surface area contributed by atoms with Crippen molar-refractivity contribution in [3.05, 3.63) is 33.8 Å². The summed E-state index contributed by atoms with van der Waals surface area (Å²) in [5.41, 5.74) is 2.24. The molecule has 0 spiro atoms. The topological polar surface area (TPSA) is 26.3 Å². The second-order valence-corrected chi connectivity index (χ2v) is 5.12. The highest BCUT2D eigenvalue weighted by Gasteiger charge is 2.07. The van der Waals surface area contributed by atoms with Crippen LogP contribution >= 0.6 is 31.9 Å². The molecule has 0 fully saturated rings. The van der Waals surface area contributed by atoms with Crippen molar-refractivity contribution in [2.45, 2.75) is 19.3 Å². The summed E-state index contributed by atoms with van der Waals surface area (Å²) in [6.07, 6.45) is 2.44. The van der Waals surface area contributed by atoms with E-state index in [1.807, 2.05) is 6.07 Å². The molecule has 0 amide bonds. The zero-order chi connectivity index (χ0) is 12.0. The molecule has 0 saturated heterocycles. The first-order chi connectivity index (χ1) is 7.67. The van der Waals surface area contributed by atoms with Crippen molar-refractivity contribution in [1.29, 1.82) is 0 Å². The van der Waals surface area contributed by atoms with Gasteiger partial charge in [0.2, 0.25) is 0 Å². The molecule has 0 aliphatic carbocycles. The standard InChI is InChI=1S/C12H14Br2O2/c1-16-12(15)8-10-7-9(3-2-6-13)4-5-11(10)14/h4-5,7H,2-3,6,8H2,1H3. The van der Waals surface area contributed by atoms with Gasteiger partial charge in [-0.3, -0.25) is 4.79 Å². The summed E-state index contributed by atoms with van der Waals surface area (Å²) in [6, 6.07) is 6.12. The van der Waals surface area contributed by atoms with Gasteiger partial charge in [-0.25, -0.2) is 0 Å². The van der Waals surface area contributed by atoms with E-state index in [0.717, 1.165) is 28.2 Å². The molecule has 0 unspecified atom stereocenters. The third kappa shape index (κ3) is 4.26. The second-order valence-electron chi connectivity index (χ2n) is 3.47. The number of methoxy groups -OCH3 is 1. The minimum Gasteiger partial charge on any atom is -0.469 e. The Kier molecular flexibility index (Phi) is 6.06. The molecule has 1 aromatic rings. The van der Waals surface area contributed by atoms with Crippen molar-refractivity contribution < 1.29 is 9.53 Å². The maximum absolute atomic E-state index is 11.2. The first-order valence-electron chi connectivity index (χ1n) is 5.07. The zero-order valence-electron chi connectivity index (χ0n) is 9.13. The van der Waals surface area contributed by atoms with Crippen molar-refractivity contribution in [2.75, 3.05) is 12.4 Å². The average molecular weight is 350 g/mol. The van der Waals surface area contributed by atoms with Crippen LogP contribution in [0, 0.1) is 0 Å². The van der Waals surface area contributed by atoms with Crippen molar-refractivity contribution >= 4 is 37.8 Å². The minimum atomic E-state index is -0.210. The number of esters is 1. The van der Waals surface area contributed by atoms with Crippen LogP contribution in [0.4, 0.5) is 0 Å². The fraction of sp³-hybridized carbons (Fsp3) is 0.417. The highest BCUT2D eigenvalue weighted by Crippen LogP contribution is 2.20. The molecule has 4 heteroatoms. The van der Waals surface area contributed by atoms with Crippen LogP contribution in [0.2, 0.25) is 0 Å². The van der Waals surface area contributed by atoms with Crippen molar-refractivity contribution in [3.8, 4) is 0 Å². The first kappa shape index (κ1) is 13.7. The van der Waals surface area contributed by atoms with Crippen LogP contribution in [0.25, 0.3) is 0 Å². The lowest BCUT2D eigenvalue weighted by molar-refractivity contribution is -0.139. The molecule has 1 rings (SSSR count).